The van der Waals surface area contributed by atoms with Crippen LogP contribution in [0.2, 0.25) is 5.02 Å². The van der Waals surface area contributed by atoms with Crippen molar-refractivity contribution in [1.29, 1.82) is 0 Å². The topological polar surface area (TPSA) is 46.3 Å². The molecule has 2 fully saturated rings. The Hall–Kier alpha value is 0.160. The van der Waals surface area contributed by atoms with Crippen LogP contribution in [0.4, 0.5) is 0 Å². The molecule has 0 unspecified atom stereocenters. The summed E-state index contributed by atoms with van der Waals surface area (Å²) < 4.78 is 0. The molecule has 1 aliphatic carbocycles. The maximum absolute atomic E-state index is 12.5. The number of ketones is 1. The van der Waals surface area contributed by atoms with Crippen LogP contribution in [0, 0.1) is 11.8 Å². The zero-order valence-electron chi connectivity index (χ0n) is 14.5. The van der Waals surface area contributed by atoms with Crippen LogP contribution in [0.15, 0.2) is 11.4 Å². The second kappa shape index (κ2) is 11.1. The van der Waals surface area contributed by atoms with Gasteiger partial charge in [-0.05, 0) is 81.9 Å². The van der Waals surface area contributed by atoms with Crippen molar-refractivity contribution in [2.45, 2.75) is 51.0 Å². The number of likely N-dealkylation sites (tertiary alicyclic amines) is 1. The van der Waals surface area contributed by atoms with E-state index in [2.05, 4.69) is 4.90 Å². The highest BCUT2D eigenvalue weighted by atomic mass is 35.5. The van der Waals surface area contributed by atoms with Crippen LogP contribution in [-0.2, 0) is 0 Å². The highest BCUT2D eigenvalue weighted by Gasteiger charge is 2.28. The van der Waals surface area contributed by atoms with Crippen LogP contribution in [0.25, 0.3) is 0 Å². The Morgan fingerprint density at radius 2 is 1.80 bits per heavy atom. The van der Waals surface area contributed by atoms with Crippen molar-refractivity contribution in [3.8, 4) is 0 Å². The van der Waals surface area contributed by atoms with E-state index in [1.807, 2.05) is 11.4 Å². The summed E-state index contributed by atoms with van der Waals surface area (Å²) >= 11 is 7.57. The van der Waals surface area contributed by atoms with Crippen molar-refractivity contribution in [2.75, 3.05) is 19.6 Å². The molecule has 1 aliphatic heterocycles. The fourth-order valence-electron chi connectivity index (χ4n) is 3.92. The Bertz CT molecular complexity index is 524. The van der Waals surface area contributed by atoms with E-state index in [0.29, 0.717) is 11.1 Å². The van der Waals surface area contributed by atoms with E-state index in [9.17, 15) is 4.79 Å². The van der Waals surface area contributed by atoms with E-state index in [0.717, 1.165) is 36.7 Å². The van der Waals surface area contributed by atoms with E-state index in [1.54, 1.807) is 0 Å². The van der Waals surface area contributed by atoms with Crippen LogP contribution in [-0.4, -0.2) is 36.4 Å². The van der Waals surface area contributed by atoms with Gasteiger partial charge < -0.3 is 10.6 Å². The minimum Gasteiger partial charge on any atom is -0.328 e. The average Bonchev–Trinajstić information content (AvgIpc) is 3.00. The van der Waals surface area contributed by atoms with Crippen LogP contribution in [0.1, 0.15) is 54.6 Å². The molecule has 3 nitrogen and oxygen atoms in total. The minimum absolute atomic E-state index is 0. The standard InChI is InChI=1S/C18H27ClN2OS.2ClH/c19-16-8-12-23-18(16)17(22)14-6-10-21(11-7-14)9-5-13-1-3-15(20)4-2-13;;/h8,12-15H,1-7,9-11,20H2;2*1H/t13-,15-;;. The molecule has 0 atom stereocenters. The molecule has 0 radical (unpaired) electrons. The fraction of sp³-hybridized carbons (Fsp3) is 0.722. The van der Waals surface area contributed by atoms with Crippen molar-refractivity contribution in [1.82, 2.24) is 4.90 Å². The van der Waals surface area contributed by atoms with Gasteiger partial charge in [0.2, 0.25) is 0 Å². The molecule has 2 aliphatic rings. The molecule has 144 valence electrons. The first-order valence-electron chi connectivity index (χ1n) is 8.88. The molecule has 1 saturated carbocycles. The summed E-state index contributed by atoms with van der Waals surface area (Å²) in [7, 11) is 0. The number of carbonyl (C=O) groups is 1. The van der Waals surface area contributed by atoms with Gasteiger partial charge in [-0.1, -0.05) is 11.6 Å². The van der Waals surface area contributed by atoms with Gasteiger partial charge in [-0.3, -0.25) is 4.79 Å². The molecular weight excluding hydrogens is 399 g/mol. The highest BCUT2D eigenvalue weighted by molar-refractivity contribution is 7.12. The van der Waals surface area contributed by atoms with Crippen molar-refractivity contribution in [3.63, 3.8) is 0 Å². The maximum atomic E-state index is 12.5. The summed E-state index contributed by atoms with van der Waals surface area (Å²) in [6.45, 7) is 3.28. The SMILES string of the molecule is Cl.Cl.N[C@H]1CC[C@H](CCN2CCC(C(=O)c3sccc3Cl)CC2)CC1. The molecular formula is C18H29Cl3N2OS. The first kappa shape index (κ1) is 23.2. The molecule has 2 heterocycles. The van der Waals surface area contributed by atoms with Crippen molar-refractivity contribution >= 4 is 53.5 Å². The second-order valence-corrected chi connectivity index (χ2v) is 8.47. The molecule has 0 bridgehead atoms. The van der Waals surface area contributed by atoms with Crippen LogP contribution in [0.3, 0.4) is 0 Å². The van der Waals surface area contributed by atoms with Crippen LogP contribution >= 0.6 is 47.8 Å². The lowest BCUT2D eigenvalue weighted by Crippen LogP contribution is -2.37. The molecule has 1 aromatic rings. The molecule has 1 aromatic heterocycles. The van der Waals surface area contributed by atoms with Crippen molar-refractivity contribution < 1.29 is 4.79 Å². The van der Waals surface area contributed by atoms with Gasteiger partial charge in [-0.25, -0.2) is 0 Å². The number of nitrogens with two attached hydrogens (primary N) is 1. The van der Waals surface area contributed by atoms with E-state index < -0.39 is 0 Å². The molecule has 0 spiro atoms. The number of hydrogen-bond acceptors (Lipinski definition) is 4. The summed E-state index contributed by atoms with van der Waals surface area (Å²) in [4.78, 5) is 15.8. The third-order valence-corrected chi connectivity index (χ3v) is 6.90. The predicted molar refractivity (Wildman–Crippen MR) is 112 cm³/mol. The monoisotopic (exact) mass is 426 g/mol. The summed E-state index contributed by atoms with van der Waals surface area (Å²) in [5, 5.41) is 2.53. The second-order valence-electron chi connectivity index (χ2n) is 7.15. The van der Waals surface area contributed by atoms with Crippen LogP contribution in [0.5, 0.6) is 0 Å². The van der Waals surface area contributed by atoms with Gasteiger partial charge in [0.15, 0.2) is 5.78 Å². The third kappa shape index (κ3) is 6.37. The Balaban J connectivity index is 0.00000156. The lowest BCUT2D eigenvalue weighted by atomic mass is 9.84. The first-order chi connectivity index (χ1) is 11.1. The number of Topliss-reactive ketones (excluding diaryl/α,β-unsaturated/α-hetero) is 1. The van der Waals surface area contributed by atoms with Gasteiger partial charge in [0.25, 0.3) is 0 Å². The minimum atomic E-state index is 0. The molecule has 7 heteroatoms. The van der Waals surface area contributed by atoms with Crippen molar-refractivity contribution in [2.24, 2.45) is 17.6 Å². The van der Waals surface area contributed by atoms with Crippen molar-refractivity contribution in [3.05, 3.63) is 21.3 Å². The quantitative estimate of drug-likeness (QED) is 0.669. The number of hydrogen-bond donors (Lipinski definition) is 1. The van der Waals surface area contributed by atoms with Gasteiger partial charge in [-0.15, -0.1) is 36.2 Å². The summed E-state index contributed by atoms with van der Waals surface area (Å²) in [5.41, 5.74) is 5.98. The number of thiophene rings is 1. The first-order valence-corrected chi connectivity index (χ1v) is 10.1. The Kier molecular flexibility index (Phi) is 10.3. The molecule has 25 heavy (non-hydrogen) atoms. The molecule has 0 amide bonds. The van der Waals surface area contributed by atoms with Gasteiger partial charge in [0.1, 0.15) is 0 Å². The van der Waals surface area contributed by atoms with E-state index in [4.69, 9.17) is 17.3 Å². The summed E-state index contributed by atoms with van der Waals surface area (Å²) in [6.07, 6.45) is 8.24. The number of nitrogens with zero attached hydrogens (tertiary/aromatic N) is 1. The Morgan fingerprint density at radius 3 is 2.36 bits per heavy atom. The largest absolute Gasteiger partial charge is 0.328 e. The summed E-state index contributed by atoms with van der Waals surface area (Å²) in [6, 6.07) is 2.27. The number of carbonyl (C=O) groups excluding carboxylic acids is 1. The predicted octanol–water partition coefficient (Wildman–Crippen LogP) is 5.05. The van der Waals surface area contributed by atoms with Crippen LogP contribution < -0.4 is 5.73 Å². The lowest BCUT2D eigenvalue weighted by molar-refractivity contribution is 0.0837. The van der Waals surface area contributed by atoms with Gasteiger partial charge in [0.05, 0.1) is 9.90 Å². The number of rotatable bonds is 5. The fourth-order valence-corrected chi connectivity index (χ4v) is 5.08. The lowest BCUT2D eigenvalue weighted by Gasteiger charge is -2.33. The Labute approximate surface area is 172 Å². The third-order valence-electron chi connectivity index (χ3n) is 5.54. The molecule has 3 rings (SSSR count). The van der Waals surface area contributed by atoms with Gasteiger partial charge in [-0.2, -0.15) is 0 Å². The van der Waals surface area contributed by atoms with Gasteiger partial charge in [0, 0.05) is 12.0 Å². The number of piperidine rings is 1. The normalized spacial score (nSPS) is 25.0. The number of halogens is 3. The van der Waals surface area contributed by atoms with E-state index in [1.165, 1.54) is 50.0 Å². The smallest absolute Gasteiger partial charge is 0.177 e. The Morgan fingerprint density at radius 1 is 1.16 bits per heavy atom. The maximum Gasteiger partial charge on any atom is 0.177 e. The highest BCUT2D eigenvalue weighted by Crippen LogP contribution is 2.30. The molecule has 0 aromatic carbocycles. The molecule has 2 N–H and O–H groups in total. The summed E-state index contributed by atoms with van der Waals surface area (Å²) in [5.74, 6) is 1.28. The zero-order valence-corrected chi connectivity index (χ0v) is 17.7. The average molecular weight is 428 g/mol. The van der Waals surface area contributed by atoms with E-state index >= 15 is 0 Å². The van der Waals surface area contributed by atoms with E-state index in [-0.39, 0.29) is 36.5 Å². The van der Waals surface area contributed by atoms with Gasteiger partial charge >= 0.3 is 0 Å². The molecule has 1 saturated heterocycles. The zero-order chi connectivity index (χ0) is 16.2.